The van der Waals surface area contributed by atoms with Gasteiger partial charge in [0, 0.05) is 13.0 Å². The molecule has 0 aromatic heterocycles. The molecule has 2 rings (SSSR count). The zero-order chi connectivity index (χ0) is 25.4. The normalized spacial score (nSPS) is 18.3. The largest absolute Gasteiger partial charge is 0.508 e. The Hall–Kier alpha value is -3.18. The topological polar surface area (TPSA) is 182 Å². The highest BCUT2D eigenvalue weighted by Gasteiger charge is 2.39. The molecule has 0 aliphatic carbocycles. The maximum absolute atomic E-state index is 13.0. The number of aliphatic carboxylic acids is 1. The minimum Gasteiger partial charge on any atom is -0.508 e. The number of amides is 3. The summed E-state index contributed by atoms with van der Waals surface area (Å²) >= 11 is 0. The molecular weight excluding hydrogens is 444 g/mol. The first-order chi connectivity index (χ1) is 16.0. The first-order valence-corrected chi connectivity index (χ1v) is 11.3. The van der Waals surface area contributed by atoms with Gasteiger partial charge in [0.1, 0.15) is 23.9 Å². The minimum atomic E-state index is -1.26. The number of benzene rings is 1. The van der Waals surface area contributed by atoms with E-state index in [2.05, 4.69) is 10.6 Å². The van der Waals surface area contributed by atoms with Crippen LogP contribution >= 0.6 is 0 Å². The first kappa shape index (κ1) is 27.1. The molecule has 1 saturated heterocycles. The lowest BCUT2D eigenvalue weighted by molar-refractivity contribution is -0.145. The summed E-state index contributed by atoms with van der Waals surface area (Å²) in [6.45, 7) is 3.38. The van der Waals surface area contributed by atoms with Gasteiger partial charge in [0.15, 0.2) is 0 Å². The number of nitrogens with zero attached hydrogens (tertiary/aromatic N) is 1. The van der Waals surface area contributed by atoms with Crippen molar-refractivity contribution in [1.82, 2.24) is 15.5 Å². The van der Waals surface area contributed by atoms with Crippen LogP contribution in [0.4, 0.5) is 0 Å². The van der Waals surface area contributed by atoms with Gasteiger partial charge in [0.05, 0.1) is 12.6 Å². The minimum absolute atomic E-state index is 0.00885. The summed E-state index contributed by atoms with van der Waals surface area (Å²) < 4.78 is 0. The number of hydrogen-bond donors (Lipinski definition) is 6. The van der Waals surface area contributed by atoms with E-state index < -0.39 is 54.5 Å². The van der Waals surface area contributed by atoms with E-state index >= 15 is 0 Å². The van der Waals surface area contributed by atoms with Crippen LogP contribution < -0.4 is 16.4 Å². The quantitative estimate of drug-likeness (QED) is 0.242. The van der Waals surface area contributed by atoms with Gasteiger partial charge in [0.25, 0.3) is 0 Å². The van der Waals surface area contributed by atoms with Crippen LogP contribution in [0.5, 0.6) is 5.75 Å². The van der Waals surface area contributed by atoms with Gasteiger partial charge < -0.3 is 36.6 Å². The highest BCUT2D eigenvalue weighted by atomic mass is 16.4. The molecule has 34 heavy (non-hydrogen) atoms. The van der Waals surface area contributed by atoms with Crippen LogP contribution in [-0.4, -0.2) is 81.2 Å². The zero-order valence-electron chi connectivity index (χ0n) is 19.4. The van der Waals surface area contributed by atoms with Gasteiger partial charge in [-0.2, -0.15) is 0 Å². The second-order valence-electron chi connectivity index (χ2n) is 8.94. The van der Waals surface area contributed by atoms with Crippen LogP contribution in [0.15, 0.2) is 24.3 Å². The number of nitrogens with two attached hydrogens (primary N) is 1. The fourth-order valence-electron chi connectivity index (χ4n) is 3.92. The number of phenolic OH excluding ortho intramolecular Hbond substituents is 1. The van der Waals surface area contributed by atoms with Crippen molar-refractivity contribution in [3.63, 3.8) is 0 Å². The Morgan fingerprint density at radius 1 is 1.12 bits per heavy atom. The number of aliphatic hydroxyl groups is 1. The van der Waals surface area contributed by atoms with Gasteiger partial charge in [-0.15, -0.1) is 0 Å². The zero-order valence-corrected chi connectivity index (χ0v) is 19.4. The van der Waals surface area contributed by atoms with Gasteiger partial charge in [-0.25, -0.2) is 4.79 Å². The molecule has 7 N–H and O–H groups in total. The number of aromatic hydroxyl groups is 1. The molecule has 3 amide bonds. The van der Waals surface area contributed by atoms with E-state index in [1.807, 2.05) is 13.8 Å². The SMILES string of the molecule is CC(C)CC(N)C(=O)NC(CO)C(=O)N1CCCC1C(=O)NC(Cc1ccc(O)cc1)C(=O)O. The smallest absolute Gasteiger partial charge is 0.326 e. The Kier molecular flexibility index (Phi) is 9.82. The number of carboxylic acids is 1. The Morgan fingerprint density at radius 3 is 2.32 bits per heavy atom. The molecule has 1 fully saturated rings. The van der Waals surface area contributed by atoms with Crippen molar-refractivity contribution in [3.05, 3.63) is 29.8 Å². The number of nitrogens with one attached hydrogen (secondary N) is 2. The van der Waals surface area contributed by atoms with E-state index in [0.717, 1.165) is 0 Å². The van der Waals surface area contributed by atoms with Crippen molar-refractivity contribution < 1.29 is 34.5 Å². The second kappa shape index (κ2) is 12.3. The number of aliphatic hydroxyl groups excluding tert-OH is 1. The van der Waals surface area contributed by atoms with Gasteiger partial charge in [-0.1, -0.05) is 26.0 Å². The molecule has 0 saturated carbocycles. The molecule has 188 valence electrons. The van der Waals surface area contributed by atoms with Crippen LogP contribution in [0.1, 0.15) is 38.7 Å². The number of carbonyl (C=O) groups excluding carboxylic acids is 3. The van der Waals surface area contributed by atoms with Gasteiger partial charge in [-0.05, 0) is 42.9 Å². The van der Waals surface area contributed by atoms with Gasteiger partial charge >= 0.3 is 5.97 Å². The van der Waals surface area contributed by atoms with E-state index in [1.165, 1.54) is 17.0 Å². The summed E-state index contributed by atoms with van der Waals surface area (Å²) in [7, 11) is 0. The lowest BCUT2D eigenvalue weighted by atomic mass is 10.0. The van der Waals surface area contributed by atoms with Gasteiger partial charge in [0.2, 0.25) is 17.7 Å². The molecule has 4 unspecified atom stereocenters. The lowest BCUT2D eigenvalue weighted by Gasteiger charge is -2.29. The highest BCUT2D eigenvalue weighted by molar-refractivity contribution is 5.94. The predicted octanol–water partition coefficient (Wildman–Crippen LogP) is -0.654. The van der Waals surface area contributed by atoms with E-state index in [-0.39, 0.29) is 24.6 Å². The molecule has 0 radical (unpaired) electrons. The van der Waals surface area contributed by atoms with Crippen molar-refractivity contribution >= 4 is 23.7 Å². The van der Waals surface area contributed by atoms with Crippen molar-refractivity contribution in [2.45, 2.75) is 63.7 Å². The number of phenols is 1. The molecule has 1 aliphatic heterocycles. The monoisotopic (exact) mass is 478 g/mol. The average molecular weight is 479 g/mol. The average Bonchev–Trinajstić information content (AvgIpc) is 3.27. The van der Waals surface area contributed by atoms with Crippen molar-refractivity contribution in [3.8, 4) is 5.75 Å². The van der Waals surface area contributed by atoms with E-state index in [9.17, 15) is 34.5 Å². The van der Waals surface area contributed by atoms with Crippen molar-refractivity contribution in [2.75, 3.05) is 13.2 Å². The lowest BCUT2D eigenvalue weighted by Crippen LogP contribution is -2.58. The van der Waals surface area contributed by atoms with E-state index in [4.69, 9.17) is 5.73 Å². The molecule has 4 atom stereocenters. The van der Waals surface area contributed by atoms with Crippen LogP contribution in [0.2, 0.25) is 0 Å². The maximum Gasteiger partial charge on any atom is 0.326 e. The third kappa shape index (κ3) is 7.42. The second-order valence-corrected chi connectivity index (χ2v) is 8.94. The Balaban J connectivity index is 2.05. The molecule has 0 spiro atoms. The summed E-state index contributed by atoms with van der Waals surface area (Å²) in [4.78, 5) is 51.2. The highest BCUT2D eigenvalue weighted by Crippen LogP contribution is 2.19. The first-order valence-electron chi connectivity index (χ1n) is 11.3. The number of carbonyl (C=O) groups is 4. The number of hydrogen-bond acceptors (Lipinski definition) is 7. The summed E-state index contributed by atoms with van der Waals surface area (Å²) in [6.07, 6.45) is 1.23. The molecule has 11 nitrogen and oxygen atoms in total. The van der Waals surface area contributed by atoms with Crippen LogP contribution in [-0.2, 0) is 25.6 Å². The van der Waals surface area contributed by atoms with Crippen LogP contribution in [0, 0.1) is 5.92 Å². The number of likely N-dealkylation sites (tertiary alicyclic amines) is 1. The standard InChI is InChI=1S/C23H34N4O7/c1-13(2)10-16(24)20(30)26-18(12-28)22(32)27-9-3-4-19(27)21(31)25-17(23(33)34)11-14-5-7-15(29)8-6-14/h5-8,13,16-19,28-29H,3-4,9-12,24H2,1-2H3,(H,25,31)(H,26,30)(H,33,34). The van der Waals surface area contributed by atoms with E-state index in [0.29, 0.717) is 24.8 Å². The van der Waals surface area contributed by atoms with Crippen LogP contribution in [0.25, 0.3) is 0 Å². The summed E-state index contributed by atoms with van der Waals surface area (Å²) in [5.41, 5.74) is 6.46. The molecule has 11 heteroatoms. The number of rotatable bonds is 11. The summed E-state index contributed by atoms with van der Waals surface area (Å²) in [5, 5.41) is 33.6. The summed E-state index contributed by atoms with van der Waals surface area (Å²) in [6, 6.07) is 1.69. The van der Waals surface area contributed by atoms with E-state index in [1.54, 1.807) is 12.1 Å². The Labute approximate surface area is 198 Å². The Bertz CT molecular complexity index is 875. The predicted molar refractivity (Wildman–Crippen MR) is 123 cm³/mol. The molecule has 1 aromatic rings. The molecule has 0 bridgehead atoms. The number of carboxylic acid groups (broad SMARTS) is 1. The van der Waals surface area contributed by atoms with Crippen LogP contribution in [0.3, 0.4) is 0 Å². The fraction of sp³-hybridized carbons (Fsp3) is 0.565. The molecule has 1 aliphatic rings. The van der Waals surface area contributed by atoms with Crippen molar-refractivity contribution in [1.29, 1.82) is 0 Å². The molecule has 1 aromatic carbocycles. The summed E-state index contributed by atoms with van der Waals surface area (Å²) in [5.74, 6) is -2.86. The molecular formula is C23H34N4O7. The Morgan fingerprint density at radius 2 is 1.76 bits per heavy atom. The maximum atomic E-state index is 13.0. The van der Waals surface area contributed by atoms with Crippen molar-refractivity contribution in [2.24, 2.45) is 11.7 Å². The molecule has 1 heterocycles. The van der Waals surface area contributed by atoms with Gasteiger partial charge in [-0.3, -0.25) is 14.4 Å². The fourth-order valence-corrected chi connectivity index (χ4v) is 3.92. The third-order valence-electron chi connectivity index (χ3n) is 5.69. The third-order valence-corrected chi connectivity index (χ3v) is 5.69.